The number of nitrogens with zero attached hydrogens (tertiary/aromatic N) is 3. The van der Waals surface area contributed by atoms with E-state index in [9.17, 15) is 0 Å². The molecule has 128 valence electrons. The van der Waals surface area contributed by atoms with Gasteiger partial charge >= 0.3 is 0 Å². The van der Waals surface area contributed by atoms with Crippen molar-refractivity contribution < 1.29 is 4.74 Å². The first-order chi connectivity index (χ1) is 11.0. The number of aliphatic imine (C=N–C) groups is 1. The Bertz CT molecular complexity index is 531. The van der Waals surface area contributed by atoms with E-state index in [-0.39, 0.29) is 0 Å². The van der Waals surface area contributed by atoms with Gasteiger partial charge in [0.1, 0.15) is 0 Å². The summed E-state index contributed by atoms with van der Waals surface area (Å²) in [7, 11) is 3.43. The van der Waals surface area contributed by atoms with Crippen molar-refractivity contribution in [2.45, 2.75) is 39.4 Å². The molecule has 2 heterocycles. The van der Waals surface area contributed by atoms with Gasteiger partial charge in [0.05, 0.1) is 19.3 Å². The highest BCUT2D eigenvalue weighted by molar-refractivity contribution is 5.80. The van der Waals surface area contributed by atoms with Crippen LogP contribution >= 0.6 is 0 Å². The second kappa shape index (κ2) is 8.15. The minimum Gasteiger partial charge on any atom is -0.481 e. The third kappa shape index (κ3) is 4.82. The number of hydrogen-bond acceptors (Lipinski definition) is 4. The number of rotatable bonds is 5. The zero-order valence-electron chi connectivity index (χ0n) is 14.8. The van der Waals surface area contributed by atoms with Gasteiger partial charge in [0.15, 0.2) is 5.96 Å². The molecule has 0 aliphatic carbocycles. The van der Waals surface area contributed by atoms with Crippen LogP contribution in [0.15, 0.2) is 23.2 Å². The van der Waals surface area contributed by atoms with E-state index in [0.29, 0.717) is 30.4 Å². The molecule has 1 fully saturated rings. The summed E-state index contributed by atoms with van der Waals surface area (Å²) in [5.41, 5.74) is 0.926. The predicted octanol–water partition coefficient (Wildman–Crippen LogP) is 1.48. The molecule has 1 saturated heterocycles. The van der Waals surface area contributed by atoms with E-state index in [1.54, 1.807) is 14.2 Å². The first-order valence-electron chi connectivity index (χ1n) is 8.24. The first-order valence-corrected chi connectivity index (χ1v) is 8.24. The molecule has 6 heteroatoms. The molecule has 2 rings (SSSR count). The van der Waals surface area contributed by atoms with Crippen LogP contribution in [0.25, 0.3) is 0 Å². The highest BCUT2D eigenvalue weighted by atomic mass is 16.5. The van der Waals surface area contributed by atoms with Gasteiger partial charge in [-0.05, 0) is 25.8 Å². The van der Waals surface area contributed by atoms with Gasteiger partial charge in [-0.15, -0.1) is 0 Å². The zero-order chi connectivity index (χ0) is 16.8. The van der Waals surface area contributed by atoms with Gasteiger partial charge in [-0.3, -0.25) is 9.89 Å². The molecule has 1 aliphatic rings. The lowest BCUT2D eigenvalue weighted by molar-refractivity contribution is 0.265. The fraction of sp³-hybridized carbons (Fsp3) is 0.647. The Kier molecular flexibility index (Phi) is 6.21. The third-order valence-electron chi connectivity index (χ3n) is 4.34. The van der Waals surface area contributed by atoms with Crippen molar-refractivity contribution in [1.82, 2.24) is 20.5 Å². The van der Waals surface area contributed by atoms with Gasteiger partial charge in [0, 0.05) is 38.3 Å². The molecule has 1 aliphatic heterocycles. The number of hydrogen-bond donors (Lipinski definition) is 2. The topological polar surface area (TPSA) is 61.8 Å². The van der Waals surface area contributed by atoms with Crippen LogP contribution in [0.1, 0.15) is 26.5 Å². The van der Waals surface area contributed by atoms with Gasteiger partial charge in [0.25, 0.3) is 0 Å². The summed E-state index contributed by atoms with van der Waals surface area (Å²) in [4.78, 5) is 11.2. The summed E-state index contributed by atoms with van der Waals surface area (Å²) in [6.45, 7) is 9.58. The molecular weight excluding hydrogens is 290 g/mol. The molecule has 1 aromatic rings. The molecule has 0 saturated carbocycles. The van der Waals surface area contributed by atoms with Gasteiger partial charge in [-0.1, -0.05) is 13.0 Å². The molecule has 1 aromatic heterocycles. The number of aromatic nitrogens is 1. The standard InChI is InChI=1S/C17H29N5O/c1-12(2)22-10-13(3)15(11-22)21-17(18-4)19-9-14-7-6-8-16(20-14)23-5/h6-8,12-13,15H,9-11H2,1-5H3,(H2,18,19,21). The summed E-state index contributed by atoms with van der Waals surface area (Å²) in [5, 5.41) is 6.87. The number of guanidine groups is 1. The molecule has 2 unspecified atom stereocenters. The minimum absolute atomic E-state index is 0.418. The van der Waals surface area contributed by atoms with Crippen molar-refractivity contribution in [3.8, 4) is 5.88 Å². The monoisotopic (exact) mass is 319 g/mol. The fourth-order valence-electron chi connectivity index (χ4n) is 2.83. The lowest BCUT2D eigenvalue weighted by atomic mass is 10.1. The summed E-state index contributed by atoms with van der Waals surface area (Å²) in [6, 6.07) is 6.76. The van der Waals surface area contributed by atoms with Crippen LogP contribution in [0.5, 0.6) is 5.88 Å². The first kappa shape index (κ1) is 17.5. The van der Waals surface area contributed by atoms with Crippen molar-refractivity contribution in [1.29, 1.82) is 0 Å². The molecule has 23 heavy (non-hydrogen) atoms. The molecule has 2 N–H and O–H groups in total. The maximum atomic E-state index is 5.15. The molecule has 0 bridgehead atoms. The Morgan fingerprint density at radius 2 is 2.22 bits per heavy atom. The lowest BCUT2D eigenvalue weighted by Gasteiger charge is -2.21. The second-order valence-electron chi connectivity index (χ2n) is 6.37. The van der Waals surface area contributed by atoms with Crippen molar-refractivity contribution >= 4 is 5.96 Å². The normalized spacial score (nSPS) is 22.4. The maximum absolute atomic E-state index is 5.15. The van der Waals surface area contributed by atoms with Crippen molar-refractivity contribution in [2.24, 2.45) is 10.9 Å². The van der Waals surface area contributed by atoms with Gasteiger partial charge in [-0.2, -0.15) is 0 Å². The van der Waals surface area contributed by atoms with Crippen LogP contribution in [0, 0.1) is 5.92 Å². The number of pyridine rings is 1. The van der Waals surface area contributed by atoms with Crippen LogP contribution < -0.4 is 15.4 Å². The smallest absolute Gasteiger partial charge is 0.213 e. The Hall–Kier alpha value is -1.82. The molecule has 0 amide bonds. The Morgan fingerprint density at radius 1 is 1.43 bits per heavy atom. The Labute approximate surface area is 139 Å². The van der Waals surface area contributed by atoms with Crippen molar-refractivity contribution in [2.75, 3.05) is 27.2 Å². The van der Waals surface area contributed by atoms with E-state index in [4.69, 9.17) is 4.74 Å². The summed E-state index contributed by atoms with van der Waals surface area (Å²) in [6.07, 6.45) is 0. The van der Waals surface area contributed by atoms with Crippen LogP contribution in [0.4, 0.5) is 0 Å². The largest absolute Gasteiger partial charge is 0.481 e. The molecule has 0 spiro atoms. The fourth-order valence-corrected chi connectivity index (χ4v) is 2.83. The SMILES string of the molecule is CN=C(NCc1cccc(OC)n1)NC1CN(C(C)C)CC1C. The Balaban J connectivity index is 1.88. The number of ether oxygens (including phenoxy) is 1. The highest BCUT2D eigenvalue weighted by Crippen LogP contribution is 2.18. The Morgan fingerprint density at radius 3 is 2.83 bits per heavy atom. The van der Waals surface area contributed by atoms with E-state index >= 15 is 0 Å². The number of methoxy groups -OCH3 is 1. The van der Waals surface area contributed by atoms with E-state index in [0.717, 1.165) is 24.7 Å². The zero-order valence-corrected chi connectivity index (χ0v) is 14.8. The highest BCUT2D eigenvalue weighted by Gasteiger charge is 2.31. The lowest BCUT2D eigenvalue weighted by Crippen LogP contribution is -2.46. The van der Waals surface area contributed by atoms with Crippen LogP contribution in [0.2, 0.25) is 0 Å². The minimum atomic E-state index is 0.418. The van der Waals surface area contributed by atoms with E-state index < -0.39 is 0 Å². The summed E-state index contributed by atoms with van der Waals surface area (Å²) in [5.74, 6) is 2.05. The van der Waals surface area contributed by atoms with E-state index in [2.05, 4.69) is 46.3 Å². The second-order valence-corrected chi connectivity index (χ2v) is 6.37. The molecular formula is C17H29N5O. The average molecular weight is 319 g/mol. The maximum Gasteiger partial charge on any atom is 0.213 e. The van der Waals surface area contributed by atoms with Crippen LogP contribution in [0.3, 0.4) is 0 Å². The number of nitrogens with one attached hydrogen (secondary N) is 2. The quantitative estimate of drug-likeness (QED) is 0.636. The van der Waals surface area contributed by atoms with Crippen molar-refractivity contribution in [3.63, 3.8) is 0 Å². The number of likely N-dealkylation sites (tertiary alicyclic amines) is 1. The average Bonchev–Trinajstić information content (AvgIpc) is 2.92. The van der Waals surface area contributed by atoms with Gasteiger partial charge < -0.3 is 15.4 Å². The van der Waals surface area contributed by atoms with Crippen LogP contribution in [-0.4, -0.2) is 55.2 Å². The van der Waals surface area contributed by atoms with E-state index in [1.807, 2.05) is 18.2 Å². The molecule has 6 nitrogen and oxygen atoms in total. The predicted molar refractivity (Wildman–Crippen MR) is 93.8 cm³/mol. The van der Waals surface area contributed by atoms with Gasteiger partial charge in [-0.25, -0.2) is 4.98 Å². The van der Waals surface area contributed by atoms with E-state index in [1.165, 1.54) is 0 Å². The molecule has 2 atom stereocenters. The van der Waals surface area contributed by atoms with Gasteiger partial charge in [0.2, 0.25) is 5.88 Å². The molecule has 0 aromatic carbocycles. The van der Waals surface area contributed by atoms with Crippen molar-refractivity contribution in [3.05, 3.63) is 23.9 Å². The third-order valence-corrected chi connectivity index (χ3v) is 4.34. The summed E-state index contributed by atoms with van der Waals surface area (Å²) < 4.78 is 5.15. The molecule has 0 radical (unpaired) electrons. The summed E-state index contributed by atoms with van der Waals surface area (Å²) >= 11 is 0. The van der Waals surface area contributed by atoms with Crippen LogP contribution in [-0.2, 0) is 6.54 Å².